The molecule has 1 atom stereocenters. The maximum atomic E-state index is 11.5. The number of carboxylic acids is 1. The normalized spacial score (nSPS) is 17.6. The van der Waals surface area contributed by atoms with Crippen molar-refractivity contribution in [2.24, 2.45) is 5.92 Å². The Morgan fingerprint density at radius 3 is 2.95 bits per heavy atom. The van der Waals surface area contributed by atoms with E-state index in [-0.39, 0.29) is 5.69 Å². The summed E-state index contributed by atoms with van der Waals surface area (Å²) in [7, 11) is 0. The molecular weight excluding hydrogens is 356 g/mol. The highest BCUT2D eigenvalue weighted by Gasteiger charge is 2.28. The third-order valence-corrected chi connectivity index (χ3v) is 4.73. The van der Waals surface area contributed by atoms with Gasteiger partial charge in [0, 0.05) is 20.8 Å². The van der Waals surface area contributed by atoms with Gasteiger partial charge in [-0.2, -0.15) is 5.10 Å². The van der Waals surface area contributed by atoms with Gasteiger partial charge in [-0.25, -0.2) is 9.48 Å². The van der Waals surface area contributed by atoms with Crippen molar-refractivity contribution in [3.63, 3.8) is 0 Å². The van der Waals surface area contributed by atoms with Crippen LogP contribution in [-0.2, 0) is 12.8 Å². The molecule has 6 heteroatoms. The third-order valence-electron chi connectivity index (χ3n) is 3.86. The molecule has 1 aliphatic rings. The molecule has 0 saturated heterocycles. The average molecular weight is 370 g/mol. The Kier molecular flexibility index (Phi) is 3.80. The van der Waals surface area contributed by atoms with E-state index in [4.69, 9.17) is 11.6 Å². The van der Waals surface area contributed by atoms with Gasteiger partial charge < -0.3 is 5.11 Å². The molecule has 0 fully saturated rings. The van der Waals surface area contributed by atoms with Crippen LogP contribution in [0.1, 0.15) is 35.1 Å². The first-order chi connectivity index (χ1) is 9.97. The van der Waals surface area contributed by atoms with Crippen LogP contribution >= 0.6 is 27.5 Å². The first kappa shape index (κ1) is 14.6. The Bertz CT molecular complexity index is 727. The van der Waals surface area contributed by atoms with Crippen LogP contribution in [0.2, 0.25) is 5.02 Å². The van der Waals surface area contributed by atoms with Gasteiger partial charge in [0.15, 0.2) is 5.69 Å². The highest BCUT2D eigenvalue weighted by molar-refractivity contribution is 9.10. The number of aromatic carboxylic acids is 1. The number of aromatic nitrogens is 2. The quantitative estimate of drug-likeness (QED) is 0.866. The van der Waals surface area contributed by atoms with Crippen molar-refractivity contribution in [2.45, 2.75) is 26.2 Å². The first-order valence-electron chi connectivity index (χ1n) is 6.77. The van der Waals surface area contributed by atoms with Crippen molar-refractivity contribution in [3.8, 4) is 5.69 Å². The van der Waals surface area contributed by atoms with E-state index in [9.17, 15) is 9.90 Å². The lowest BCUT2D eigenvalue weighted by atomic mass is 9.87. The average Bonchev–Trinajstić information content (AvgIpc) is 2.77. The summed E-state index contributed by atoms with van der Waals surface area (Å²) < 4.78 is 2.54. The van der Waals surface area contributed by atoms with Crippen LogP contribution in [0.5, 0.6) is 0 Å². The van der Waals surface area contributed by atoms with E-state index in [0.717, 1.165) is 40.7 Å². The van der Waals surface area contributed by atoms with Crippen LogP contribution in [0, 0.1) is 5.92 Å². The van der Waals surface area contributed by atoms with E-state index in [1.807, 2.05) is 6.07 Å². The van der Waals surface area contributed by atoms with Gasteiger partial charge in [0.2, 0.25) is 0 Å². The number of rotatable bonds is 2. The highest BCUT2D eigenvalue weighted by atomic mass is 79.9. The summed E-state index contributed by atoms with van der Waals surface area (Å²) in [6.07, 6.45) is 2.65. The fourth-order valence-corrected chi connectivity index (χ4v) is 3.66. The van der Waals surface area contributed by atoms with Crippen molar-refractivity contribution in [2.75, 3.05) is 0 Å². The number of hydrogen-bond donors (Lipinski definition) is 1. The Morgan fingerprint density at radius 2 is 2.29 bits per heavy atom. The lowest BCUT2D eigenvalue weighted by Crippen LogP contribution is -2.14. The molecule has 4 nitrogen and oxygen atoms in total. The van der Waals surface area contributed by atoms with Crippen LogP contribution in [0.4, 0.5) is 0 Å². The van der Waals surface area contributed by atoms with Crippen LogP contribution in [0.3, 0.4) is 0 Å². The standard InChI is InChI=1S/C15H14BrClN2O2/c1-8-2-4-12-10(6-8)14(15(20)21)18-19(12)13-5-3-9(17)7-11(13)16/h3,5,7-8H,2,4,6H2,1H3,(H,20,21). The Hall–Kier alpha value is -1.33. The number of nitrogens with zero attached hydrogens (tertiary/aromatic N) is 2. The Labute approximate surface area is 135 Å². The highest BCUT2D eigenvalue weighted by Crippen LogP contribution is 2.32. The number of benzene rings is 1. The molecule has 2 aromatic rings. The lowest BCUT2D eigenvalue weighted by molar-refractivity contribution is 0.0688. The van der Waals surface area contributed by atoms with Gasteiger partial charge in [-0.1, -0.05) is 18.5 Å². The minimum Gasteiger partial charge on any atom is -0.476 e. The number of halogens is 2. The molecule has 0 spiro atoms. The predicted molar refractivity (Wildman–Crippen MR) is 84.4 cm³/mol. The van der Waals surface area contributed by atoms with Crippen molar-refractivity contribution in [1.29, 1.82) is 0 Å². The van der Waals surface area contributed by atoms with Crippen LogP contribution in [0.25, 0.3) is 5.69 Å². The molecule has 1 aromatic carbocycles. The summed E-state index contributed by atoms with van der Waals surface area (Å²) in [5.41, 5.74) is 2.84. The summed E-state index contributed by atoms with van der Waals surface area (Å²) in [5, 5.41) is 14.3. The Balaban J connectivity index is 2.19. The molecule has 3 rings (SSSR count). The summed E-state index contributed by atoms with van der Waals surface area (Å²) in [6, 6.07) is 5.42. The zero-order chi connectivity index (χ0) is 15.1. The summed E-state index contributed by atoms with van der Waals surface area (Å²) in [6.45, 7) is 2.14. The molecule has 1 heterocycles. The number of carbonyl (C=O) groups is 1. The fourth-order valence-electron chi connectivity index (χ4n) is 2.81. The second-order valence-corrected chi connectivity index (χ2v) is 6.73. The maximum absolute atomic E-state index is 11.5. The van der Waals surface area contributed by atoms with E-state index in [2.05, 4.69) is 28.0 Å². The predicted octanol–water partition coefficient (Wildman–Crippen LogP) is 4.11. The van der Waals surface area contributed by atoms with E-state index < -0.39 is 5.97 Å². The molecule has 110 valence electrons. The fraction of sp³-hybridized carbons (Fsp3) is 0.333. The van der Waals surface area contributed by atoms with E-state index in [1.54, 1.807) is 16.8 Å². The molecule has 0 bridgehead atoms. The van der Waals surface area contributed by atoms with Gasteiger partial charge in [0.05, 0.1) is 5.69 Å². The van der Waals surface area contributed by atoms with Crippen molar-refractivity contribution in [3.05, 3.63) is 44.6 Å². The van der Waals surface area contributed by atoms with Crippen molar-refractivity contribution < 1.29 is 9.90 Å². The number of hydrogen-bond acceptors (Lipinski definition) is 2. The minimum atomic E-state index is -0.968. The van der Waals surface area contributed by atoms with E-state index in [0.29, 0.717) is 10.9 Å². The molecule has 0 aliphatic heterocycles. The van der Waals surface area contributed by atoms with Crippen LogP contribution < -0.4 is 0 Å². The van der Waals surface area contributed by atoms with Gasteiger partial charge in [0.1, 0.15) is 0 Å². The van der Waals surface area contributed by atoms with Gasteiger partial charge in [-0.05, 0) is 59.3 Å². The molecule has 0 amide bonds. The van der Waals surface area contributed by atoms with Crippen LogP contribution in [-0.4, -0.2) is 20.9 Å². The van der Waals surface area contributed by atoms with Crippen molar-refractivity contribution in [1.82, 2.24) is 9.78 Å². The first-order valence-corrected chi connectivity index (χ1v) is 7.94. The maximum Gasteiger partial charge on any atom is 0.356 e. The van der Waals surface area contributed by atoms with Gasteiger partial charge in [0.25, 0.3) is 0 Å². The SMILES string of the molecule is CC1CCc2c(c(C(=O)O)nn2-c2ccc(Cl)cc2Br)C1. The molecule has 1 aromatic heterocycles. The lowest BCUT2D eigenvalue weighted by Gasteiger charge is -2.20. The smallest absolute Gasteiger partial charge is 0.356 e. The summed E-state index contributed by atoms with van der Waals surface area (Å²) in [5.74, 6) is -0.480. The van der Waals surface area contributed by atoms with Gasteiger partial charge >= 0.3 is 5.97 Å². The van der Waals surface area contributed by atoms with E-state index >= 15 is 0 Å². The zero-order valence-corrected chi connectivity index (χ0v) is 13.8. The Morgan fingerprint density at radius 1 is 1.52 bits per heavy atom. The topological polar surface area (TPSA) is 55.1 Å². The number of fused-ring (bicyclic) bond motifs is 1. The summed E-state index contributed by atoms with van der Waals surface area (Å²) >= 11 is 9.45. The monoisotopic (exact) mass is 368 g/mol. The van der Waals surface area contributed by atoms with Crippen LogP contribution in [0.15, 0.2) is 22.7 Å². The summed E-state index contributed by atoms with van der Waals surface area (Å²) in [4.78, 5) is 11.5. The van der Waals surface area contributed by atoms with Gasteiger partial charge in [-0.15, -0.1) is 0 Å². The largest absolute Gasteiger partial charge is 0.476 e. The number of carboxylic acid groups (broad SMARTS) is 1. The minimum absolute atomic E-state index is 0.165. The second-order valence-electron chi connectivity index (χ2n) is 5.43. The molecular formula is C15H14BrClN2O2. The zero-order valence-electron chi connectivity index (χ0n) is 11.4. The molecule has 21 heavy (non-hydrogen) atoms. The molecule has 1 aliphatic carbocycles. The molecule has 1 N–H and O–H groups in total. The molecule has 0 saturated carbocycles. The molecule has 1 unspecified atom stereocenters. The molecule has 0 radical (unpaired) electrons. The van der Waals surface area contributed by atoms with Crippen molar-refractivity contribution >= 4 is 33.5 Å². The second kappa shape index (κ2) is 5.46. The van der Waals surface area contributed by atoms with Gasteiger partial charge in [-0.3, -0.25) is 0 Å². The third kappa shape index (κ3) is 2.60. The van der Waals surface area contributed by atoms with E-state index in [1.165, 1.54) is 0 Å².